The number of aryl methyl sites for hydroxylation is 1. The Labute approximate surface area is 161 Å². The highest BCUT2D eigenvalue weighted by atomic mass is 32.1. The van der Waals surface area contributed by atoms with E-state index in [0.29, 0.717) is 17.0 Å². The van der Waals surface area contributed by atoms with Crippen LogP contribution >= 0.6 is 11.3 Å². The third-order valence-electron chi connectivity index (χ3n) is 5.92. The normalized spacial score (nSPS) is 28.0. The van der Waals surface area contributed by atoms with Crippen molar-refractivity contribution in [1.29, 1.82) is 0 Å². The molecule has 0 saturated heterocycles. The second kappa shape index (κ2) is 7.11. The van der Waals surface area contributed by atoms with Gasteiger partial charge in [0, 0.05) is 16.8 Å². The van der Waals surface area contributed by atoms with Gasteiger partial charge in [-0.25, -0.2) is 4.79 Å². The van der Waals surface area contributed by atoms with Gasteiger partial charge < -0.3 is 20.0 Å². The number of rotatable bonds is 5. The predicted molar refractivity (Wildman–Crippen MR) is 98.3 cm³/mol. The minimum atomic E-state index is -1.18. The molecule has 1 amide bonds. The van der Waals surface area contributed by atoms with Crippen LogP contribution in [-0.2, 0) is 27.2 Å². The summed E-state index contributed by atoms with van der Waals surface area (Å²) in [6.45, 7) is 2.02. The Morgan fingerprint density at radius 3 is 2.59 bits per heavy atom. The molecule has 4 rings (SSSR count). The number of carbonyl (C=O) groups is 3. The lowest BCUT2D eigenvalue weighted by Crippen LogP contribution is -2.42. The van der Waals surface area contributed by atoms with Gasteiger partial charge in [0.25, 0.3) is 0 Å². The van der Waals surface area contributed by atoms with E-state index in [2.05, 4.69) is 5.32 Å². The first-order chi connectivity index (χ1) is 13.0. The number of nitrogens with one attached hydrogen (secondary N) is 1. The summed E-state index contributed by atoms with van der Waals surface area (Å²) in [5.74, 6) is -3.63. The zero-order chi connectivity index (χ0) is 19.1. The van der Waals surface area contributed by atoms with E-state index < -0.39 is 23.8 Å². The van der Waals surface area contributed by atoms with Gasteiger partial charge in [0.15, 0.2) is 0 Å². The molecule has 3 aliphatic carbocycles. The number of carbonyl (C=O) groups excluding carboxylic acids is 3. The van der Waals surface area contributed by atoms with E-state index in [0.717, 1.165) is 36.1 Å². The molecule has 7 heteroatoms. The fourth-order valence-electron chi connectivity index (χ4n) is 4.77. The highest BCUT2D eigenvalue weighted by molar-refractivity contribution is 7.17. The van der Waals surface area contributed by atoms with E-state index in [1.165, 1.54) is 11.3 Å². The molecule has 2 bridgehead atoms. The Balaban J connectivity index is 1.63. The van der Waals surface area contributed by atoms with Gasteiger partial charge in [-0.2, -0.15) is 0 Å². The summed E-state index contributed by atoms with van der Waals surface area (Å²) in [5, 5.41) is 14.9. The van der Waals surface area contributed by atoms with Crippen LogP contribution < -0.4 is 10.4 Å². The van der Waals surface area contributed by atoms with Gasteiger partial charge in [0.2, 0.25) is 5.91 Å². The average Bonchev–Trinajstić information content (AvgIpc) is 3.33. The van der Waals surface area contributed by atoms with Crippen LogP contribution in [-0.4, -0.2) is 24.5 Å². The van der Waals surface area contributed by atoms with Crippen LogP contribution in [0.5, 0.6) is 0 Å². The topological polar surface area (TPSA) is 95.5 Å². The third kappa shape index (κ3) is 3.08. The number of allylic oxidation sites excluding steroid dienone is 2. The molecule has 1 N–H and O–H groups in total. The minimum absolute atomic E-state index is 0.0847. The van der Waals surface area contributed by atoms with Crippen molar-refractivity contribution < 1.29 is 24.2 Å². The Morgan fingerprint density at radius 1 is 1.19 bits per heavy atom. The van der Waals surface area contributed by atoms with E-state index in [4.69, 9.17) is 4.74 Å². The molecule has 0 spiro atoms. The number of anilines is 1. The van der Waals surface area contributed by atoms with Gasteiger partial charge in [0.05, 0.1) is 18.1 Å². The third-order valence-corrected chi connectivity index (χ3v) is 7.13. The fourth-order valence-corrected chi connectivity index (χ4v) is 6.05. The van der Waals surface area contributed by atoms with Crippen LogP contribution in [0.25, 0.3) is 0 Å². The van der Waals surface area contributed by atoms with E-state index >= 15 is 0 Å². The molecule has 0 aliphatic heterocycles. The summed E-state index contributed by atoms with van der Waals surface area (Å²) in [4.78, 5) is 38.2. The zero-order valence-corrected chi connectivity index (χ0v) is 16.0. The smallest absolute Gasteiger partial charge is 0.341 e. The summed E-state index contributed by atoms with van der Waals surface area (Å²) in [6, 6.07) is 0. The van der Waals surface area contributed by atoms with Crippen LogP contribution in [0.1, 0.15) is 47.0 Å². The number of hydrogen-bond acceptors (Lipinski definition) is 6. The van der Waals surface area contributed by atoms with Crippen molar-refractivity contribution in [3.63, 3.8) is 0 Å². The van der Waals surface area contributed by atoms with E-state index in [1.54, 1.807) is 6.92 Å². The summed E-state index contributed by atoms with van der Waals surface area (Å²) < 4.78 is 5.21. The number of thiophene rings is 1. The van der Waals surface area contributed by atoms with Gasteiger partial charge in [0.1, 0.15) is 5.00 Å². The number of hydrogen-bond donors (Lipinski definition) is 1. The number of fused-ring (bicyclic) bond motifs is 3. The van der Waals surface area contributed by atoms with Crippen molar-refractivity contribution >= 4 is 34.2 Å². The molecule has 3 aliphatic rings. The Hall–Kier alpha value is -2.15. The van der Waals surface area contributed by atoms with Gasteiger partial charge in [-0.1, -0.05) is 12.2 Å². The van der Waals surface area contributed by atoms with Crippen molar-refractivity contribution in [2.45, 2.75) is 39.0 Å². The van der Waals surface area contributed by atoms with Crippen molar-refractivity contribution in [3.8, 4) is 0 Å². The van der Waals surface area contributed by atoms with Crippen molar-refractivity contribution in [1.82, 2.24) is 0 Å². The molecule has 1 heterocycles. The first kappa shape index (κ1) is 18.2. The summed E-state index contributed by atoms with van der Waals surface area (Å²) in [6.07, 6.45) is 8.24. The van der Waals surface area contributed by atoms with Gasteiger partial charge in [-0.05, 0) is 56.4 Å². The lowest BCUT2D eigenvalue weighted by Gasteiger charge is -2.27. The number of amides is 1. The molecule has 1 saturated carbocycles. The zero-order valence-electron chi connectivity index (χ0n) is 15.2. The predicted octanol–water partition coefficient (Wildman–Crippen LogP) is 1.93. The standard InChI is InChI=1S/C20H23NO5S/c1-2-26-20(25)16-12-5-3-4-6-13(12)27-18(16)21-17(22)14-10-7-8-11(9-10)15(14)19(23)24/h7-8,10-11,14-15H,2-6,9H2,1H3,(H,21,22)(H,23,24)/p-1/t10-,11+,14+,15+/m1/s1. The quantitative estimate of drug-likeness (QED) is 0.614. The molecule has 0 unspecified atom stereocenters. The molecule has 1 aromatic heterocycles. The van der Waals surface area contributed by atoms with E-state index in [9.17, 15) is 19.5 Å². The van der Waals surface area contributed by atoms with E-state index in [-0.39, 0.29) is 24.3 Å². The van der Waals surface area contributed by atoms with Crippen molar-refractivity contribution in [2.24, 2.45) is 23.7 Å². The Morgan fingerprint density at radius 2 is 1.89 bits per heavy atom. The summed E-state index contributed by atoms with van der Waals surface area (Å²) >= 11 is 1.42. The number of esters is 1. The van der Waals surface area contributed by atoms with Crippen LogP contribution in [0.4, 0.5) is 5.00 Å². The molecule has 6 nitrogen and oxygen atoms in total. The van der Waals surface area contributed by atoms with Crippen LogP contribution in [0.15, 0.2) is 12.2 Å². The van der Waals surface area contributed by atoms with Crippen molar-refractivity contribution in [3.05, 3.63) is 28.2 Å². The molecule has 144 valence electrons. The molecule has 27 heavy (non-hydrogen) atoms. The highest BCUT2D eigenvalue weighted by Crippen LogP contribution is 2.48. The molecule has 0 radical (unpaired) electrons. The number of ether oxygens (including phenoxy) is 1. The Bertz CT molecular complexity index is 827. The SMILES string of the molecule is CCOC(=O)c1c(NC(=O)[C@@H]2[C@@H](C(=O)[O-])[C@H]3C=C[C@@H]2C3)sc2c1CCCC2. The first-order valence-electron chi connectivity index (χ1n) is 9.53. The first-order valence-corrected chi connectivity index (χ1v) is 10.3. The monoisotopic (exact) mass is 388 g/mol. The fraction of sp³-hybridized carbons (Fsp3) is 0.550. The summed E-state index contributed by atoms with van der Waals surface area (Å²) in [5.41, 5.74) is 1.43. The number of aliphatic carboxylic acids is 1. The minimum Gasteiger partial charge on any atom is -0.550 e. The van der Waals surface area contributed by atoms with Crippen molar-refractivity contribution in [2.75, 3.05) is 11.9 Å². The summed E-state index contributed by atoms with van der Waals surface area (Å²) in [7, 11) is 0. The van der Waals surface area contributed by atoms with Crippen LogP contribution in [0.3, 0.4) is 0 Å². The highest BCUT2D eigenvalue weighted by Gasteiger charge is 2.49. The molecule has 1 fully saturated rings. The maximum absolute atomic E-state index is 13.0. The van der Waals surface area contributed by atoms with E-state index in [1.807, 2.05) is 12.2 Å². The second-order valence-corrected chi connectivity index (χ2v) is 8.55. The lowest BCUT2D eigenvalue weighted by molar-refractivity contribution is -0.313. The second-order valence-electron chi connectivity index (χ2n) is 7.44. The Kier molecular flexibility index (Phi) is 4.80. The van der Waals surface area contributed by atoms with Gasteiger partial charge in [-0.3, -0.25) is 4.79 Å². The molecule has 4 atom stereocenters. The number of carboxylic acids is 1. The molecular weight excluding hydrogens is 366 g/mol. The lowest BCUT2D eigenvalue weighted by atomic mass is 9.82. The van der Waals surface area contributed by atoms with Crippen LogP contribution in [0, 0.1) is 23.7 Å². The number of carboxylic acid groups (broad SMARTS) is 1. The molecule has 0 aromatic carbocycles. The maximum atomic E-state index is 13.0. The average molecular weight is 388 g/mol. The van der Waals surface area contributed by atoms with Crippen LogP contribution in [0.2, 0.25) is 0 Å². The maximum Gasteiger partial charge on any atom is 0.341 e. The molecular formula is C20H22NO5S-. The van der Waals surface area contributed by atoms with Gasteiger partial charge in [-0.15, -0.1) is 11.3 Å². The molecule has 1 aromatic rings. The van der Waals surface area contributed by atoms with Gasteiger partial charge >= 0.3 is 5.97 Å². The largest absolute Gasteiger partial charge is 0.550 e.